The van der Waals surface area contributed by atoms with E-state index in [0.29, 0.717) is 108 Å². The third kappa shape index (κ3) is 16.5. The van der Waals surface area contributed by atoms with Gasteiger partial charge in [-0.05, 0) is 132 Å². The van der Waals surface area contributed by atoms with Crippen LogP contribution in [0.15, 0.2) is 94.5 Å². The fourth-order valence-corrected chi connectivity index (χ4v) is 11.3. The van der Waals surface area contributed by atoms with Crippen LogP contribution in [0.5, 0.6) is 23.0 Å². The van der Waals surface area contributed by atoms with Crippen molar-refractivity contribution in [3.8, 4) is 23.0 Å². The zero-order chi connectivity index (χ0) is 60.0. The molecular formula is C65H84N8O12. The van der Waals surface area contributed by atoms with E-state index in [9.17, 15) is 24.0 Å². The molecule has 6 aromatic rings. The van der Waals surface area contributed by atoms with Crippen LogP contribution in [0.4, 0.5) is 4.79 Å². The Balaban J connectivity index is 0.000000206. The summed E-state index contributed by atoms with van der Waals surface area (Å²) in [5, 5.41) is 10.9. The van der Waals surface area contributed by atoms with Gasteiger partial charge in [0.05, 0.1) is 35.4 Å². The lowest BCUT2D eigenvalue weighted by Gasteiger charge is -2.39. The Labute approximate surface area is 497 Å². The molecular weight excluding hydrogens is 1080 g/mol. The number of likely N-dealkylation sites (tertiary alicyclic amines) is 2. The molecule has 0 spiro atoms. The molecule has 0 saturated carbocycles. The number of aryl methyl sites for hydroxylation is 2. The molecule has 3 N–H and O–H groups in total. The Kier molecular flexibility index (Phi) is 21.2. The highest BCUT2D eigenvalue weighted by Crippen LogP contribution is 2.33. The van der Waals surface area contributed by atoms with E-state index in [-0.39, 0.29) is 35.1 Å². The SMILES string of the molecule is COCCNC(=O)c1cc(=O)n(CCN2CCC(N(Cc3ccc4c(c3)OCCO4)C(=O)OC(C)(C)C)CC2)c2cc(C)ccc12.COCCNC(=O)c1cc(=O)n(CCN2CCC(NCc3ccc4c(c3)OCCO4)CC2)c2cc(C)ccc12. The number of piperidine rings is 2. The normalized spacial score (nSPS) is 15.7. The van der Waals surface area contributed by atoms with Crippen molar-refractivity contribution < 1.29 is 47.5 Å². The van der Waals surface area contributed by atoms with Crippen LogP contribution in [0.3, 0.4) is 0 Å². The number of hydrogen-bond acceptors (Lipinski definition) is 15. The van der Waals surface area contributed by atoms with E-state index in [1.54, 1.807) is 23.4 Å². The molecule has 4 aliphatic rings. The monoisotopic (exact) mass is 1170 g/mol. The average Bonchev–Trinajstić information content (AvgIpc) is 3.66. The third-order valence-corrected chi connectivity index (χ3v) is 15.9. The first-order valence-electron chi connectivity index (χ1n) is 29.8. The number of pyridine rings is 2. The van der Waals surface area contributed by atoms with E-state index >= 15 is 0 Å². The summed E-state index contributed by atoms with van der Waals surface area (Å²) in [4.78, 5) is 72.2. The number of carbonyl (C=O) groups excluding carboxylic acids is 3. The molecule has 6 heterocycles. The van der Waals surface area contributed by atoms with Crippen molar-refractivity contribution in [1.82, 2.24) is 39.8 Å². The van der Waals surface area contributed by atoms with Crippen LogP contribution in [0.25, 0.3) is 21.8 Å². The Morgan fingerprint density at radius 2 is 1.04 bits per heavy atom. The van der Waals surface area contributed by atoms with Crippen LogP contribution in [0.2, 0.25) is 0 Å². The summed E-state index contributed by atoms with van der Waals surface area (Å²) in [6, 6.07) is 27.0. The molecule has 0 bridgehead atoms. The van der Waals surface area contributed by atoms with Gasteiger partial charge in [0.25, 0.3) is 22.9 Å². The van der Waals surface area contributed by atoms with Crippen molar-refractivity contribution in [3.05, 3.63) is 139 Å². The van der Waals surface area contributed by atoms with Crippen molar-refractivity contribution in [2.45, 2.75) is 104 Å². The maximum atomic E-state index is 13.4. The third-order valence-electron chi connectivity index (χ3n) is 15.9. The predicted octanol–water partition coefficient (Wildman–Crippen LogP) is 7.07. The first-order valence-corrected chi connectivity index (χ1v) is 29.8. The minimum absolute atomic E-state index is 0.00130. The number of fused-ring (bicyclic) bond motifs is 4. The standard InChI is InChI=1S/C35H46N4O7.C30H38N4O5/c1-24-6-8-27-28(33(41)36-12-17-43-5)22-32(40)38(29(27)20-24)16-15-37-13-10-26(11-14-37)39(34(42)46-35(2,3)4)23-25-7-9-30-31(21-25)45-19-18-44-30;1-21-3-5-24-25(30(36)31-9-14-37-2)19-29(35)34(26(24)17-21)13-12-33-10-7-23(8-11-33)32-20-22-4-6-27-28(18-22)39-16-15-38-27/h6-9,20-22,26H,10-19,23H2,1-5H3,(H,36,41);3-6,17-19,23,32H,7-16,20H2,1-2H3,(H,31,36). The molecule has 0 radical (unpaired) electrons. The van der Waals surface area contributed by atoms with Crippen LogP contribution in [0.1, 0.15) is 89.4 Å². The Morgan fingerprint density at radius 1 is 0.576 bits per heavy atom. The van der Waals surface area contributed by atoms with Crippen molar-refractivity contribution >= 4 is 39.7 Å². The fraction of sp³-hybridized carbons (Fsp3) is 0.492. The highest BCUT2D eigenvalue weighted by Gasteiger charge is 2.32. The number of benzene rings is 4. The van der Waals surface area contributed by atoms with E-state index in [0.717, 1.165) is 115 Å². The van der Waals surface area contributed by atoms with Crippen LogP contribution in [0, 0.1) is 13.8 Å². The lowest BCUT2D eigenvalue weighted by Crippen LogP contribution is -2.49. The molecule has 85 heavy (non-hydrogen) atoms. The number of amides is 3. The van der Waals surface area contributed by atoms with Gasteiger partial charge >= 0.3 is 6.09 Å². The summed E-state index contributed by atoms with van der Waals surface area (Å²) >= 11 is 0. The zero-order valence-electron chi connectivity index (χ0n) is 50.4. The Morgan fingerprint density at radius 3 is 1.52 bits per heavy atom. The molecule has 4 aliphatic heterocycles. The van der Waals surface area contributed by atoms with E-state index in [4.69, 9.17) is 33.2 Å². The van der Waals surface area contributed by atoms with Gasteiger partial charge in [0.15, 0.2) is 23.0 Å². The van der Waals surface area contributed by atoms with Gasteiger partial charge in [-0.1, -0.05) is 36.4 Å². The van der Waals surface area contributed by atoms with E-state index in [2.05, 4.69) is 37.9 Å². The van der Waals surface area contributed by atoms with Gasteiger partial charge in [0, 0.05) is 115 Å². The van der Waals surface area contributed by atoms with Gasteiger partial charge in [-0.2, -0.15) is 0 Å². The van der Waals surface area contributed by atoms with Gasteiger partial charge in [-0.15, -0.1) is 0 Å². The summed E-state index contributed by atoms with van der Waals surface area (Å²) < 4.78 is 42.2. The van der Waals surface area contributed by atoms with Crippen LogP contribution in [-0.4, -0.2) is 166 Å². The topological polar surface area (TPSA) is 206 Å². The van der Waals surface area contributed by atoms with Crippen molar-refractivity contribution in [3.63, 3.8) is 0 Å². The maximum absolute atomic E-state index is 13.4. The van der Waals surface area contributed by atoms with Crippen LogP contribution >= 0.6 is 0 Å². The predicted molar refractivity (Wildman–Crippen MR) is 327 cm³/mol. The van der Waals surface area contributed by atoms with Crippen molar-refractivity contribution in [1.29, 1.82) is 0 Å². The summed E-state index contributed by atoms with van der Waals surface area (Å²) in [7, 11) is 3.17. The number of ether oxygens (including phenoxy) is 7. The summed E-state index contributed by atoms with van der Waals surface area (Å²) in [6.45, 7) is 20.7. The molecule has 10 rings (SSSR count). The van der Waals surface area contributed by atoms with E-state index < -0.39 is 5.60 Å². The van der Waals surface area contributed by atoms with Gasteiger partial charge in [0.2, 0.25) is 0 Å². The zero-order valence-corrected chi connectivity index (χ0v) is 50.4. The van der Waals surface area contributed by atoms with E-state index in [1.165, 1.54) is 17.7 Å². The Hall–Kier alpha value is -7.49. The molecule has 2 aromatic heterocycles. The molecule has 20 heteroatoms. The fourth-order valence-electron chi connectivity index (χ4n) is 11.3. The molecule has 0 unspecified atom stereocenters. The molecule has 456 valence electrons. The van der Waals surface area contributed by atoms with Crippen molar-refractivity contribution in [2.24, 2.45) is 0 Å². The second-order valence-corrected chi connectivity index (χ2v) is 23.3. The van der Waals surface area contributed by atoms with Gasteiger partial charge < -0.3 is 72.9 Å². The summed E-state index contributed by atoms with van der Waals surface area (Å²) in [6.07, 6.45) is 3.33. The van der Waals surface area contributed by atoms with Gasteiger partial charge in [-0.3, -0.25) is 19.2 Å². The van der Waals surface area contributed by atoms with Crippen LogP contribution < -0.4 is 46.0 Å². The molecule has 2 saturated heterocycles. The first-order chi connectivity index (χ1) is 41.0. The van der Waals surface area contributed by atoms with E-state index in [1.807, 2.05) is 100 Å². The quantitative estimate of drug-likeness (QED) is 0.0654. The second kappa shape index (κ2) is 29.1. The average molecular weight is 1170 g/mol. The number of carbonyl (C=O) groups is 3. The molecule has 0 aliphatic carbocycles. The second-order valence-electron chi connectivity index (χ2n) is 23.3. The highest BCUT2D eigenvalue weighted by molar-refractivity contribution is 6.07. The summed E-state index contributed by atoms with van der Waals surface area (Å²) in [5.41, 5.74) is 5.56. The molecule has 2 fully saturated rings. The van der Waals surface area contributed by atoms with Gasteiger partial charge in [-0.25, -0.2) is 4.79 Å². The number of aromatic nitrogens is 2. The minimum Gasteiger partial charge on any atom is -0.486 e. The summed E-state index contributed by atoms with van der Waals surface area (Å²) in [5.74, 6) is 2.52. The van der Waals surface area contributed by atoms with Crippen molar-refractivity contribution in [2.75, 3.05) is 106 Å². The smallest absolute Gasteiger partial charge is 0.410 e. The number of hydrogen-bond donors (Lipinski definition) is 3. The lowest BCUT2D eigenvalue weighted by molar-refractivity contribution is 0.00560. The molecule has 20 nitrogen and oxygen atoms in total. The van der Waals surface area contributed by atoms with Crippen LogP contribution in [-0.2, 0) is 40.4 Å². The molecule has 4 aromatic carbocycles. The first kappa shape index (κ1) is 62.1. The largest absolute Gasteiger partial charge is 0.486 e. The Bertz CT molecular complexity index is 3410. The number of nitrogens with zero attached hydrogens (tertiary/aromatic N) is 5. The highest BCUT2D eigenvalue weighted by atomic mass is 16.6. The minimum atomic E-state index is -0.614. The maximum Gasteiger partial charge on any atom is 0.410 e. The number of nitrogens with one attached hydrogen (secondary N) is 3. The molecule has 3 amide bonds. The number of methoxy groups -OCH3 is 2. The molecule has 0 atom stereocenters. The number of rotatable bonds is 20. The lowest BCUT2D eigenvalue weighted by atomic mass is 10.0. The van der Waals surface area contributed by atoms with Gasteiger partial charge in [0.1, 0.15) is 32.0 Å².